The second-order valence-electron chi connectivity index (χ2n) is 27.9. The van der Waals surface area contributed by atoms with Gasteiger partial charge in [0, 0.05) is 62.7 Å². The Morgan fingerprint density at radius 2 is 0.513 bits per heavy atom. The largest absolute Gasteiger partial charge is 0.353 e. The summed E-state index contributed by atoms with van der Waals surface area (Å²) in [6, 6.07) is 4.53. The lowest BCUT2D eigenvalue weighted by atomic mass is 9.53. The molecule has 4 aliphatic heterocycles. The fourth-order valence-electron chi connectivity index (χ4n) is 18.8. The molecule has 76 heavy (non-hydrogen) atoms. The van der Waals surface area contributed by atoms with Crippen molar-refractivity contribution in [3.8, 4) is 0 Å². The molecule has 11 rings (SSSR count). The first-order valence-electron chi connectivity index (χ1n) is 34.1. The lowest BCUT2D eigenvalue weighted by Crippen LogP contribution is -2.55. The number of ether oxygens (including phenoxy) is 8. The summed E-state index contributed by atoms with van der Waals surface area (Å²) in [4.78, 5) is 6.48. The van der Waals surface area contributed by atoms with E-state index in [1.807, 2.05) is 0 Å². The van der Waals surface area contributed by atoms with Gasteiger partial charge in [0.25, 0.3) is 0 Å². The van der Waals surface area contributed by atoms with Gasteiger partial charge in [-0.25, -0.2) is 0 Å². The summed E-state index contributed by atoms with van der Waals surface area (Å²) >= 11 is 0. The predicted octanol–water partition coefficient (Wildman–Crippen LogP) is 15.1. The van der Waals surface area contributed by atoms with Gasteiger partial charge in [-0.15, -0.1) is 0 Å². The summed E-state index contributed by atoms with van der Waals surface area (Å²) in [6.45, 7) is 7.13. The van der Waals surface area contributed by atoms with E-state index >= 15 is 0 Å². The van der Waals surface area contributed by atoms with Crippen LogP contribution in [0, 0.1) is 40.9 Å². The number of rotatable bonds is 20. The normalized spacial score (nSPS) is 41.4. The molecule has 0 aromatic rings. The van der Waals surface area contributed by atoms with E-state index in [1.165, 1.54) is 238 Å². The monoisotopic (exact) mass is 1060 g/mol. The van der Waals surface area contributed by atoms with Crippen LogP contribution in [0.2, 0.25) is 0 Å². The molecule has 4 atom stereocenters. The third kappa shape index (κ3) is 15.6. The summed E-state index contributed by atoms with van der Waals surface area (Å²) in [5.74, 6) is 4.66. The lowest BCUT2D eigenvalue weighted by molar-refractivity contribution is -0.172. The Kier molecular flexibility index (Phi) is 22.5. The maximum atomic E-state index is 6.41. The maximum Gasteiger partial charge on any atom is 0.157 e. The predicted molar refractivity (Wildman–Crippen MR) is 302 cm³/mol. The van der Waals surface area contributed by atoms with E-state index in [4.69, 9.17) is 37.9 Å². The van der Waals surface area contributed by atoms with E-state index in [0.717, 1.165) is 127 Å². The van der Waals surface area contributed by atoms with Crippen molar-refractivity contribution in [2.45, 2.75) is 325 Å². The van der Waals surface area contributed by atoms with Crippen LogP contribution in [-0.4, -0.2) is 124 Å². The Balaban J connectivity index is 0.711. The van der Waals surface area contributed by atoms with E-state index in [2.05, 4.69) is 9.80 Å². The molecule has 0 amide bonds. The minimum Gasteiger partial charge on any atom is -0.353 e. The average Bonchev–Trinajstić information content (AvgIpc) is 3.52. The molecule has 0 bridgehead atoms. The van der Waals surface area contributed by atoms with Crippen molar-refractivity contribution in [1.82, 2.24) is 9.80 Å². The Morgan fingerprint density at radius 1 is 0.263 bits per heavy atom. The highest BCUT2D eigenvalue weighted by atomic mass is 16.7. The van der Waals surface area contributed by atoms with Gasteiger partial charge in [-0.2, -0.15) is 0 Å². The summed E-state index contributed by atoms with van der Waals surface area (Å²) in [5.41, 5.74) is 0.588. The van der Waals surface area contributed by atoms with E-state index < -0.39 is 0 Å². The highest BCUT2D eigenvalue weighted by Gasteiger charge is 2.50. The van der Waals surface area contributed by atoms with Gasteiger partial charge < -0.3 is 37.9 Å². The molecular weight excluding hydrogens is 949 g/mol. The van der Waals surface area contributed by atoms with Gasteiger partial charge in [0.1, 0.15) is 0 Å². The first-order chi connectivity index (χ1) is 37.6. The Bertz CT molecular complexity index is 1380. The van der Waals surface area contributed by atoms with Crippen LogP contribution in [0.5, 0.6) is 0 Å². The standard InChI is InChI=1S/C66H114N2O8/c1-6-40-66(41-7-1,54-24-36-60(37-25-54)67(56-28-16-50(17-29-56)46-73-62-12-2-8-42-69-62)57-30-18-51(19-31-57)47-74-63-13-3-9-43-70-63)55-26-38-61(39-27-55)68(58-32-20-52(21-33-58)48-75-64-14-4-10-44-71-64)59-34-22-53(23-35-59)49-76-65-15-5-11-45-72-65/h50-65H,1-49H2. The third-order valence-electron chi connectivity index (χ3n) is 23.2. The smallest absolute Gasteiger partial charge is 0.157 e. The van der Waals surface area contributed by atoms with Crippen molar-refractivity contribution in [2.24, 2.45) is 40.9 Å². The molecule has 4 saturated heterocycles. The van der Waals surface area contributed by atoms with Crippen LogP contribution in [0.15, 0.2) is 0 Å². The summed E-state index contributed by atoms with van der Waals surface area (Å²) < 4.78 is 49.6. The van der Waals surface area contributed by atoms with Crippen molar-refractivity contribution in [2.75, 3.05) is 52.9 Å². The molecule has 7 saturated carbocycles. The Morgan fingerprint density at radius 3 is 0.750 bits per heavy atom. The molecule has 436 valence electrons. The molecule has 11 fully saturated rings. The number of hydrogen-bond donors (Lipinski definition) is 0. The van der Waals surface area contributed by atoms with Gasteiger partial charge in [-0.05, 0) is 285 Å². The van der Waals surface area contributed by atoms with Crippen LogP contribution in [0.25, 0.3) is 0 Å². The molecule has 10 nitrogen and oxygen atoms in total. The van der Waals surface area contributed by atoms with Gasteiger partial charge in [-0.1, -0.05) is 19.3 Å². The van der Waals surface area contributed by atoms with E-state index in [0.29, 0.717) is 29.1 Å². The molecule has 11 aliphatic rings. The van der Waals surface area contributed by atoms with Gasteiger partial charge in [0.2, 0.25) is 0 Å². The Hall–Kier alpha value is -0.400. The highest BCUT2D eigenvalue weighted by molar-refractivity contribution is 5.02. The second-order valence-corrected chi connectivity index (χ2v) is 27.9. The zero-order valence-corrected chi connectivity index (χ0v) is 48.5. The van der Waals surface area contributed by atoms with Crippen molar-refractivity contribution in [3.05, 3.63) is 0 Å². The topological polar surface area (TPSA) is 80.3 Å². The first kappa shape index (κ1) is 57.4. The average molecular weight is 1060 g/mol. The minimum absolute atomic E-state index is 0.0466. The van der Waals surface area contributed by atoms with Gasteiger partial charge in [-0.3, -0.25) is 9.80 Å². The molecule has 0 N–H and O–H groups in total. The first-order valence-corrected chi connectivity index (χ1v) is 34.1. The molecule has 0 radical (unpaired) electrons. The molecule has 7 aliphatic carbocycles. The molecule has 0 aromatic heterocycles. The summed E-state index contributed by atoms with van der Waals surface area (Å²) in [7, 11) is 0. The van der Waals surface area contributed by atoms with E-state index in [9.17, 15) is 0 Å². The van der Waals surface area contributed by atoms with Gasteiger partial charge in [0.15, 0.2) is 25.2 Å². The van der Waals surface area contributed by atoms with Crippen LogP contribution >= 0.6 is 0 Å². The minimum atomic E-state index is 0.0466. The fourth-order valence-corrected chi connectivity index (χ4v) is 18.8. The van der Waals surface area contributed by atoms with Crippen molar-refractivity contribution < 1.29 is 37.9 Å². The molecule has 4 unspecified atom stereocenters. The number of hydrogen-bond acceptors (Lipinski definition) is 10. The molecule has 4 heterocycles. The molecule has 0 spiro atoms. The molecular formula is C66H114N2O8. The lowest BCUT2D eigenvalue weighted by Gasteiger charge is -2.56. The van der Waals surface area contributed by atoms with Gasteiger partial charge >= 0.3 is 0 Å². The summed E-state index contributed by atoms with van der Waals surface area (Å²) in [6.07, 6.45) is 55.1. The summed E-state index contributed by atoms with van der Waals surface area (Å²) in [5, 5.41) is 0. The maximum absolute atomic E-state index is 6.41. The number of nitrogens with zero attached hydrogens (tertiary/aromatic N) is 2. The van der Waals surface area contributed by atoms with Gasteiger partial charge in [0.05, 0.1) is 26.4 Å². The quantitative estimate of drug-likeness (QED) is 0.118. The fraction of sp³-hybridized carbons (Fsp3) is 1.00. The van der Waals surface area contributed by atoms with Crippen LogP contribution in [0.1, 0.15) is 263 Å². The zero-order chi connectivity index (χ0) is 51.2. The third-order valence-corrected chi connectivity index (χ3v) is 23.2. The van der Waals surface area contributed by atoms with Crippen molar-refractivity contribution >= 4 is 0 Å². The van der Waals surface area contributed by atoms with E-state index in [-0.39, 0.29) is 25.2 Å². The van der Waals surface area contributed by atoms with Crippen LogP contribution in [-0.2, 0) is 37.9 Å². The zero-order valence-electron chi connectivity index (χ0n) is 48.5. The molecule has 0 aromatic carbocycles. The van der Waals surface area contributed by atoms with Crippen LogP contribution in [0.4, 0.5) is 0 Å². The van der Waals surface area contributed by atoms with E-state index in [1.54, 1.807) is 0 Å². The van der Waals surface area contributed by atoms with Crippen LogP contribution < -0.4 is 0 Å². The van der Waals surface area contributed by atoms with Crippen molar-refractivity contribution in [3.63, 3.8) is 0 Å². The van der Waals surface area contributed by atoms with Crippen molar-refractivity contribution in [1.29, 1.82) is 0 Å². The second kappa shape index (κ2) is 29.7. The highest BCUT2D eigenvalue weighted by Crippen LogP contribution is 2.58. The SMILES string of the molecule is C1CCC(C2CCC(N(C3CCC(COC4CCCCO4)CC3)C3CCC(COC4CCCCO4)CC3)CC2)(C2CCC(N(C3CCC(COC4CCCCO4)CC3)C3CCC(COC4CCCCO4)CC3)CC2)CC1. The van der Waals surface area contributed by atoms with Crippen LogP contribution in [0.3, 0.4) is 0 Å². The molecule has 10 heteroatoms. The Labute approximate surface area is 464 Å².